The lowest BCUT2D eigenvalue weighted by Gasteiger charge is -2.12. The maximum Gasteiger partial charge on any atom is 0.326 e. The van der Waals surface area contributed by atoms with Crippen LogP contribution in [0, 0.1) is 0 Å². The summed E-state index contributed by atoms with van der Waals surface area (Å²) < 4.78 is 1.92. The van der Waals surface area contributed by atoms with Gasteiger partial charge in [0.1, 0.15) is 6.04 Å². The summed E-state index contributed by atoms with van der Waals surface area (Å²) in [6, 6.07) is 9.97. The molecule has 1 heterocycles. The Hall–Kier alpha value is -2.56. The first-order chi connectivity index (χ1) is 9.61. The molecule has 1 aromatic heterocycles. The zero-order chi connectivity index (χ0) is 14.5. The molecule has 0 aliphatic carbocycles. The van der Waals surface area contributed by atoms with Crippen LogP contribution in [-0.4, -0.2) is 27.6 Å². The summed E-state index contributed by atoms with van der Waals surface area (Å²) in [5.74, 6) is -1.40. The molecule has 0 aliphatic rings. The van der Waals surface area contributed by atoms with Crippen LogP contribution in [0.2, 0.25) is 0 Å². The van der Waals surface area contributed by atoms with E-state index in [1.165, 1.54) is 0 Å². The molecule has 20 heavy (non-hydrogen) atoms. The van der Waals surface area contributed by atoms with Crippen molar-refractivity contribution in [1.29, 1.82) is 0 Å². The number of rotatable bonds is 5. The molecule has 5 heteroatoms. The fraction of sp³-hybridized carbons (Fsp3) is 0.200. The van der Waals surface area contributed by atoms with Gasteiger partial charge in [-0.3, -0.25) is 4.79 Å². The van der Waals surface area contributed by atoms with Crippen molar-refractivity contribution < 1.29 is 14.7 Å². The number of hydrogen-bond donors (Lipinski definition) is 2. The summed E-state index contributed by atoms with van der Waals surface area (Å²) in [4.78, 5) is 22.8. The van der Waals surface area contributed by atoms with Crippen molar-refractivity contribution in [3.05, 3.63) is 54.4 Å². The average molecular weight is 272 g/mol. The summed E-state index contributed by atoms with van der Waals surface area (Å²) in [5.41, 5.74) is 1.39. The van der Waals surface area contributed by atoms with Crippen molar-refractivity contribution in [3.63, 3.8) is 0 Å². The lowest BCUT2D eigenvalue weighted by Crippen LogP contribution is -2.40. The van der Waals surface area contributed by atoms with Crippen molar-refractivity contribution in [1.82, 2.24) is 9.88 Å². The van der Waals surface area contributed by atoms with Gasteiger partial charge < -0.3 is 15.0 Å². The molecule has 0 aliphatic heterocycles. The van der Waals surface area contributed by atoms with E-state index in [4.69, 9.17) is 5.11 Å². The van der Waals surface area contributed by atoms with E-state index in [1.807, 2.05) is 41.2 Å². The Kier molecular flexibility index (Phi) is 4.20. The minimum atomic E-state index is -1.02. The van der Waals surface area contributed by atoms with Crippen LogP contribution in [0.4, 0.5) is 0 Å². The molecule has 0 spiro atoms. The van der Waals surface area contributed by atoms with Gasteiger partial charge in [0.2, 0.25) is 0 Å². The van der Waals surface area contributed by atoms with E-state index in [2.05, 4.69) is 5.32 Å². The highest BCUT2D eigenvalue weighted by Crippen LogP contribution is 2.10. The Bertz CT molecular complexity index is 588. The normalized spacial score (nSPS) is 11.8. The van der Waals surface area contributed by atoms with Crippen molar-refractivity contribution in [2.24, 2.45) is 0 Å². The average Bonchev–Trinajstić information content (AvgIpc) is 2.98. The number of aromatic nitrogens is 1. The Morgan fingerprint density at radius 3 is 2.30 bits per heavy atom. The highest BCUT2D eigenvalue weighted by molar-refractivity contribution is 5.96. The second-order valence-electron chi connectivity index (χ2n) is 4.41. The summed E-state index contributed by atoms with van der Waals surface area (Å²) in [6.45, 7) is 1.72. The lowest BCUT2D eigenvalue weighted by molar-refractivity contribution is -0.139. The van der Waals surface area contributed by atoms with Gasteiger partial charge in [-0.15, -0.1) is 0 Å². The van der Waals surface area contributed by atoms with E-state index < -0.39 is 12.0 Å². The lowest BCUT2D eigenvalue weighted by atomic mass is 10.1. The molecule has 2 aromatic rings. The van der Waals surface area contributed by atoms with Gasteiger partial charge in [0.15, 0.2) is 0 Å². The second kappa shape index (κ2) is 6.06. The Labute approximate surface area is 116 Å². The summed E-state index contributed by atoms with van der Waals surface area (Å²) in [5, 5.41) is 11.4. The Balaban J connectivity index is 2.10. The van der Waals surface area contributed by atoms with Gasteiger partial charge in [-0.05, 0) is 42.8 Å². The number of nitrogens with zero attached hydrogens (tertiary/aromatic N) is 1. The van der Waals surface area contributed by atoms with Crippen LogP contribution >= 0.6 is 0 Å². The quantitative estimate of drug-likeness (QED) is 0.875. The first-order valence-corrected chi connectivity index (χ1v) is 6.39. The highest BCUT2D eigenvalue weighted by atomic mass is 16.4. The number of carbonyl (C=O) groups excluding carboxylic acids is 1. The zero-order valence-corrected chi connectivity index (χ0v) is 11.1. The Morgan fingerprint density at radius 1 is 1.20 bits per heavy atom. The van der Waals surface area contributed by atoms with E-state index in [1.54, 1.807) is 19.1 Å². The van der Waals surface area contributed by atoms with Crippen LogP contribution in [-0.2, 0) is 4.79 Å². The van der Waals surface area contributed by atoms with Crippen molar-refractivity contribution >= 4 is 11.9 Å². The predicted octanol–water partition coefficient (Wildman–Crippen LogP) is 2.07. The van der Waals surface area contributed by atoms with Gasteiger partial charge in [-0.1, -0.05) is 6.92 Å². The van der Waals surface area contributed by atoms with E-state index in [9.17, 15) is 9.59 Å². The van der Waals surface area contributed by atoms with Gasteiger partial charge in [-0.25, -0.2) is 4.79 Å². The van der Waals surface area contributed by atoms with Gasteiger partial charge >= 0.3 is 5.97 Å². The minimum absolute atomic E-state index is 0.350. The number of amides is 1. The number of hydrogen-bond acceptors (Lipinski definition) is 2. The molecule has 0 saturated heterocycles. The van der Waals surface area contributed by atoms with Gasteiger partial charge in [0.05, 0.1) is 0 Å². The van der Waals surface area contributed by atoms with Gasteiger partial charge in [0, 0.05) is 23.6 Å². The second-order valence-corrected chi connectivity index (χ2v) is 4.41. The molecule has 2 rings (SSSR count). The van der Waals surface area contributed by atoms with Gasteiger partial charge in [0.25, 0.3) is 5.91 Å². The van der Waals surface area contributed by atoms with Crippen LogP contribution in [0.25, 0.3) is 5.69 Å². The topological polar surface area (TPSA) is 71.3 Å². The van der Waals surface area contributed by atoms with E-state index in [0.29, 0.717) is 12.0 Å². The fourth-order valence-electron chi connectivity index (χ4n) is 1.87. The minimum Gasteiger partial charge on any atom is -0.480 e. The molecule has 0 bridgehead atoms. The number of aliphatic carboxylic acids is 1. The molecule has 5 nitrogen and oxygen atoms in total. The SMILES string of the molecule is CC[C@H](NC(=O)c1ccc(-n2cccc2)cc1)C(=O)O. The van der Waals surface area contributed by atoms with Crippen LogP contribution in [0.15, 0.2) is 48.8 Å². The van der Waals surface area contributed by atoms with Crippen molar-refractivity contribution in [3.8, 4) is 5.69 Å². The highest BCUT2D eigenvalue weighted by Gasteiger charge is 2.18. The van der Waals surface area contributed by atoms with E-state index >= 15 is 0 Å². The van der Waals surface area contributed by atoms with Crippen LogP contribution in [0.5, 0.6) is 0 Å². The third-order valence-corrected chi connectivity index (χ3v) is 3.04. The molecule has 0 fully saturated rings. The number of carbonyl (C=O) groups is 2. The third kappa shape index (κ3) is 3.06. The molecule has 104 valence electrons. The maximum absolute atomic E-state index is 11.9. The summed E-state index contributed by atoms with van der Waals surface area (Å²) in [7, 11) is 0. The monoisotopic (exact) mass is 272 g/mol. The predicted molar refractivity (Wildman–Crippen MR) is 75.0 cm³/mol. The zero-order valence-electron chi connectivity index (χ0n) is 11.1. The van der Waals surface area contributed by atoms with Crippen molar-refractivity contribution in [2.45, 2.75) is 19.4 Å². The molecule has 1 atom stereocenters. The van der Waals surface area contributed by atoms with Crippen LogP contribution in [0.3, 0.4) is 0 Å². The molecule has 2 N–H and O–H groups in total. The van der Waals surface area contributed by atoms with E-state index in [-0.39, 0.29) is 5.91 Å². The number of carboxylic acid groups (broad SMARTS) is 1. The largest absolute Gasteiger partial charge is 0.480 e. The first-order valence-electron chi connectivity index (χ1n) is 6.39. The van der Waals surface area contributed by atoms with Crippen LogP contribution in [0.1, 0.15) is 23.7 Å². The summed E-state index contributed by atoms with van der Waals surface area (Å²) in [6.07, 6.45) is 4.17. The molecular weight excluding hydrogens is 256 g/mol. The molecule has 0 radical (unpaired) electrons. The molecule has 1 aromatic carbocycles. The smallest absolute Gasteiger partial charge is 0.326 e. The standard InChI is InChI=1S/C15H16N2O3/c1-2-13(15(19)20)16-14(18)11-5-7-12(8-6-11)17-9-3-4-10-17/h3-10,13H,2H2,1H3,(H,16,18)(H,19,20)/t13-/m0/s1. The molecule has 0 unspecified atom stereocenters. The third-order valence-electron chi connectivity index (χ3n) is 3.04. The molecule has 0 saturated carbocycles. The number of nitrogens with one attached hydrogen (secondary N) is 1. The van der Waals surface area contributed by atoms with Gasteiger partial charge in [-0.2, -0.15) is 0 Å². The van der Waals surface area contributed by atoms with E-state index in [0.717, 1.165) is 5.69 Å². The number of carboxylic acids is 1. The first kappa shape index (κ1) is 13.9. The summed E-state index contributed by atoms with van der Waals surface area (Å²) >= 11 is 0. The Morgan fingerprint density at radius 2 is 1.80 bits per heavy atom. The fourth-order valence-corrected chi connectivity index (χ4v) is 1.87. The number of benzene rings is 1. The molecule has 1 amide bonds. The molecular formula is C15H16N2O3. The maximum atomic E-state index is 11.9. The van der Waals surface area contributed by atoms with Crippen molar-refractivity contribution in [2.75, 3.05) is 0 Å². The van der Waals surface area contributed by atoms with Crippen LogP contribution < -0.4 is 5.32 Å².